The molecule has 0 atom stereocenters. The van der Waals surface area contributed by atoms with Gasteiger partial charge in [-0.25, -0.2) is 4.98 Å². The molecule has 0 saturated carbocycles. The van der Waals surface area contributed by atoms with Crippen molar-refractivity contribution >= 4 is 23.1 Å². The van der Waals surface area contributed by atoms with E-state index in [-0.39, 0.29) is 22.3 Å². The van der Waals surface area contributed by atoms with Crippen molar-refractivity contribution in [3.05, 3.63) is 39.2 Å². The number of hydrogen-bond donors (Lipinski definition) is 1. The molecule has 0 fully saturated rings. The van der Waals surface area contributed by atoms with Crippen LogP contribution in [-0.4, -0.2) is 26.7 Å². The van der Waals surface area contributed by atoms with Crippen LogP contribution < -0.4 is 5.32 Å². The van der Waals surface area contributed by atoms with Crippen molar-refractivity contribution in [2.24, 2.45) is 0 Å². The lowest BCUT2D eigenvalue weighted by Crippen LogP contribution is -2.10. The maximum atomic E-state index is 12.5. The minimum atomic E-state index is -4.59. The zero-order valence-corrected chi connectivity index (χ0v) is 11.1. The summed E-state index contributed by atoms with van der Waals surface area (Å²) in [7, 11) is 1.40. The molecule has 0 radical (unpaired) electrons. The molecule has 1 N–H and O–H groups in total. The van der Waals surface area contributed by atoms with E-state index < -0.39 is 16.7 Å². The largest absolute Gasteiger partial charge is 0.417 e. The van der Waals surface area contributed by atoms with Gasteiger partial charge in [-0.3, -0.25) is 10.1 Å². The Kier molecular flexibility index (Phi) is 3.73. The molecule has 0 saturated heterocycles. The average Bonchev–Trinajstić information content (AvgIpc) is 2.81. The first-order valence-electron chi connectivity index (χ1n) is 5.39. The third-order valence-corrected chi connectivity index (χ3v) is 2.81. The molecule has 0 aliphatic rings. The number of hydrogen-bond acceptors (Lipinski definition) is 5. The molecule has 2 heterocycles. The highest BCUT2D eigenvalue weighted by Crippen LogP contribution is 2.33. The zero-order valence-electron chi connectivity index (χ0n) is 10.3. The van der Waals surface area contributed by atoms with Gasteiger partial charge in [0.05, 0.1) is 15.5 Å². The molecule has 0 aliphatic carbocycles. The Morgan fingerprint density at radius 1 is 1.43 bits per heavy atom. The first-order chi connectivity index (χ1) is 9.75. The minimum absolute atomic E-state index is 0.0471. The van der Waals surface area contributed by atoms with Gasteiger partial charge in [-0.15, -0.1) is 0 Å². The number of nitrogens with zero attached hydrogens (tertiary/aromatic N) is 4. The van der Waals surface area contributed by atoms with Gasteiger partial charge in [0.25, 0.3) is 0 Å². The molecule has 0 spiro atoms. The molecular formula is C10H7ClF3N5O2. The van der Waals surface area contributed by atoms with Crippen LogP contribution in [0.25, 0.3) is 5.82 Å². The fourth-order valence-electron chi connectivity index (χ4n) is 1.61. The van der Waals surface area contributed by atoms with Crippen LogP contribution in [0.5, 0.6) is 0 Å². The van der Waals surface area contributed by atoms with E-state index in [1.807, 2.05) is 0 Å². The topological polar surface area (TPSA) is 85.9 Å². The van der Waals surface area contributed by atoms with Crippen LogP contribution in [0.3, 0.4) is 0 Å². The first kappa shape index (κ1) is 15.0. The van der Waals surface area contributed by atoms with Gasteiger partial charge in [0.1, 0.15) is 6.20 Å². The number of nitro groups is 1. The molecule has 2 aromatic heterocycles. The summed E-state index contributed by atoms with van der Waals surface area (Å²) in [6, 6.07) is 0.677. The third kappa shape index (κ3) is 2.75. The number of nitrogens with one attached hydrogen (secondary N) is 1. The van der Waals surface area contributed by atoms with Crippen molar-refractivity contribution in [3.8, 4) is 5.82 Å². The molecule has 2 rings (SSSR count). The quantitative estimate of drug-likeness (QED) is 0.694. The van der Waals surface area contributed by atoms with Crippen molar-refractivity contribution in [1.82, 2.24) is 14.8 Å². The Morgan fingerprint density at radius 3 is 2.57 bits per heavy atom. The van der Waals surface area contributed by atoms with Gasteiger partial charge in [0, 0.05) is 13.2 Å². The molecule has 0 unspecified atom stereocenters. The van der Waals surface area contributed by atoms with Crippen LogP contribution in [0.2, 0.25) is 5.02 Å². The lowest BCUT2D eigenvalue weighted by atomic mass is 10.3. The van der Waals surface area contributed by atoms with Gasteiger partial charge in [-0.1, -0.05) is 11.6 Å². The van der Waals surface area contributed by atoms with Crippen molar-refractivity contribution in [2.45, 2.75) is 6.18 Å². The second-order valence-corrected chi connectivity index (χ2v) is 4.23. The highest BCUT2D eigenvalue weighted by atomic mass is 35.5. The van der Waals surface area contributed by atoms with Gasteiger partial charge in [-0.05, 0) is 6.07 Å². The van der Waals surface area contributed by atoms with Crippen molar-refractivity contribution in [1.29, 1.82) is 0 Å². The summed E-state index contributed by atoms with van der Waals surface area (Å²) >= 11 is 5.77. The van der Waals surface area contributed by atoms with Gasteiger partial charge in [-0.2, -0.15) is 23.0 Å². The first-order valence-corrected chi connectivity index (χ1v) is 5.76. The van der Waals surface area contributed by atoms with Gasteiger partial charge in [0.2, 0.25) is 5.82 Å². The Hall–Kier alpha value is -2.36. The molecule has 0 amide bonds. The van der Waals surface area contributed by atoms with Gasteiger partial charge in [0.15, 0.2) is 5.82 Å². The number of pyridine rings is 1. The van der Waals surface area contributed by atoms with E-state index in [0.717, 1.165) is 10.9 Å². The van der Waals surface area contributed by atoms with Crippen LogP contribution in [0.1, 0.15) is 5.56 Å². The van der Waals surface area contributed by atoms with Gasteiger partial charge >= 0.3 is 11.9 Å². The molecule has 2 aromatic rings. The SMILES string of the molecule is CNc1c([N+](=O)[O-])cnn1-c1ncc(C(F)(F)F)cc1Cl. The average molecular weight is 322 g/mol. The predicted molar refractivity (Wildman–Crippen MR) is 67.6 cm³/mol. The Labute approximate surface area is 120 Å². The predicted octanol–water partition coefficient (Wildman–Crippen LogP) is 2.89. The minimum Gasteiger partial charge on any atom is -0.367 e. The van der Waals surface area contributed by atoms with E-state index in [1.54, 1.807) is 0 Å². The smallest absolute Gasteiger partial charge is 0.367 e. The molecule has 0 bridgehead atoms. The van der Waals surface area contributed by atoms with Crippen LogP contribution >= 0.6 is 11.6 Å². The van der Waals surface area contributed by atoms with E-state index >= 15 is 0 Å². The van der Waals surface area contributed by atoms with E-state index in [9.17, 15) is 23.3 Å². The van der Waals surface area contributed by atoms with Crippen LogP contribution in [-0.2, 0) is 6.18 Å². The maximum Gasteiger partial charge on any atom is 0.417 e. The number of aromatic nitrogens is 3. The second-order valence-electron chi connectivity index (χ2n) is 3.82. The molecule has 7 nitrogen and oxygen atoms in total. The van der Waals surface area contributed by atoms with Crippen molar-refractivity contribution in [2.75, 3.05) is 12.4 Å². The third-order valence-electron chi connectivity index (χ3n) is 2.53. The molecule has 21 heavy (non-hydrogen) atoms. The highest BCUT2D eigenvalue weighted by molar-refractivity contribution is 6.32. The lowest BCUT2D eigenvalue weighted by molar-refractivity contribution is -0.384. The van der Waals surface area contributed by atoms with E-state index in [4.69, 9.17) is 11.6 Å². The van der Waals surface area contributed by atoms with Crippen LogP contribution in [0, 0.1) is 10.1 Å². The van der Waals surface area contributed by atoms with Crippen LogP contribution in [0.15, 0.2) is 18.5 Å². The Bertz CT molecular complexity index is 700. The van der Waals surface area contributed by atoms with E-state index in [1.165, 1.54) is 7.05 Å². The monoisotopic (exact) mass is 321 g/mol. The molecule has 11 heteroatoms. The normalized spacial score (nSPS) is 11.5. The summed E-state index contributed by atoms with van der Waals surface area (Å²) < 4.78 is 38.6. The van der Waals surface area contributed by atoms with Crippen molar-refractivity contribution < 1.29 is 18.1 Å². The fraction of sp³-hybridized carbons (Fsp3) is 0.200. The maximum absolute atomic E-state index is 12.5. The van der Waals surface area contributed by atoms with Crippen molar-refractivity contribution in [3.63, 3.8) is 0 Å². The highest BCUT2D eigenvalue weighted by Gasteiger charge is 2.32. The lowest BCUT2D eigenvalue weighted by Gasteiger charge is -2.10. The summed E-state index contributed by atoms with van der Waals surface area (Å²) in [6.45, 7) is 0. The van der Waals surface area contributed by atoms with Gasteiger partial charge < -0.3 is 5.32 Å². The summed E-state index contributed by atoms with van der Waals surface area (Å²) in [6.07, 6.45) is -3.06. The number of alkyl halides is 3. The Morgan fingerprint density at radius 2 is 2.10 bits per heavy atom. The summed E-state index contributed by atoms with van der Waals surface area (Å²) in [5.41, 5.74) is -1.38. The zero-order chi connectivity index (χ0) is 15.8. The number of rotatable bonds is 3. The van der Waals surface area contributed by atoms with E-state index in [0.29, 0.717) is 12.3 Å². The van der Waals surface area contributed by atoms with Crippen LogP contribution in [0.4, 0.5) is 24.7 Å². The fourth-order valence-corrected chi connectivity index (χ4v) is 1.86. The molecule has 0 aromatic carbocycles. The summed E-state index contributed by atoms with van der Waals surface area (Å²) in [4.78, 5) is 13.7. The summed E-state index contributed by atoms with van der Waals surface area (Å²) in [5, 5.41) is 16.7. The van der Waals surface area contributed by atoms with E-state index in [2.05, 4.69) is 15.4 Å². The standard InChI is InChI=1S/C10H7ClF3N5O2/c1-15-9-7(19(20)21)4-17-18(9)8-6(11)2-5(3-16-8)10(12,13)14/h2-4,15H,1H3. The molecular weight excluding hydrogens is 315 g/mol. The number of anilines is 1. The Balaban J connectivity index is 2.56. The molecule has 0 aliphatic heterocycles. The molecule has 112 valence electrons. The number of halogens is 4. The summed E-state index contributed by atoms with van der Waals surface area (Å²) in [5.74, 6) is -0.198. The second kappa shape index (κ2) is 5.20.